The number of hydrogen-bond acceptors (Lipinski definition) is 3. The third-order valence-corrected chi connectivity index (χ3v) is 3.04. The van der Waals surface area contributed by atoms with E-state index in [-0.39, 0.29) is 0 Å². The number of halogens is 1. The molecule has 0 bridgehead atoms. The minimum atomic E-state index is 0.603. The maximum atomic E-state index is 4.37. The Balaban J connectivity index is 2.21. The van der Waals surface area contributed by atoms with E-state index >= 15 is 0 Å². The van der Waals surface area contributed by atoms with Crippen molar-refractivity contribution in [1.82, 2.24) is 15.2 Å². The van der Waals surface area contributed by atoms with Crippen LogP contribution in [0.25, 0.3) is 0 Å². The summed E-state index contributed by atoms with van der Waals surface area (Å²) in [5.74, 6) is 0. The van der Waals surface area contributed by atoms with E-state index in [4.69, 9.17) is 0 Å². The van der Waals surface area contributed by atoms with Crippen LogP contribution in [-0.2, 0) is 6.54 Å². The number of rotatable bonds is 6. The SMILES string of the molecule is CC(C)N(C)CCNCc1cccc(Br)n1. The Morgan fingerprint density at radius 1 is 1.44 bits per heavy atom. The zero-order valence-corrected chi connectivity index (χ0v) is 11.8. The molecule has 1 heterocycles. The van der Waals surface area contributed by atoms with Gasteiger partial charge in [0.25, 0.3) is 0 Å². The lowest BCUT2D eigenvalue weighted by molar-refractivity contribution is 0.273. The molecule has 3 nitrogen and oxygen atoms in total. The topological polar surface area (TPSA) is 28.2 Å². The van der Waals surface area contributed by atoms with Crippen molar-refractivity contribution < 1.29 is 0 Å². The molecule has 0 spiro atoms. The zero-order chi connectivity index (χ0) is 12.0. The molecule has 1 aromatic heterocycles. The minimum Gasteiger partial charge on any atom is -0.310 e. The molecular weight excluding hydrogens is 266 g/mol. The molecule has 0 fully saturated rings. The molecule has 1 rings (SSSR count). The zero-order valence-electron chi connectivity index (χ0n) is 10.2. The Morgan fingerprint density at radius 2 is 2.19 bits per heavy atom. The van der Waals surface area contributed by atoms with Crippen molar-refractivity contribution in [3.63, 3.8) is 0 Å². The van der Waals surface area contributed by atoms with E-state index in [9.17, 15) is 0 Å². The van der Waals surface area contributed by atoms with E-state index in [1.807, 2.05) is 18.2 Å². The number of nitrogens with zero attached hydrogens (tertiary/aromatic N) is 2. The van der Waals surface area contributed by atoms with Crippen molar-refractivity contribution in [2.24, 2.45) is 0 Å². The van der Waals surface area contributed by atoms with Gasteiger partial charge in [-0.05, 0) is 49.0 Å². The third kappa shape index (κ3) is 5.05. The monoisotopic (exact) mass is 285 g/mol. The van der Waals surface area contributed by atoms with Crippen LogP contribution in [-0.4, -0.2) is 36.1 Å². The summed E-state index contributed by atoms with van der Waals surface area (Å²) in [6.45, 7) is 7.28. The first kappa shape index (κ1) is 13.6. The van der Waals surface area contributed by atoms with Crippen LogP contribution in [0.15, 0.2) is 22.8 Å². The van der Waals surface area contributed by atoms with Crippen LogP contribution in [0.5, 0.6) is 0 Å². The van der Waals surface area contributed by atoms with Gasteiger partial charge in [-0.1, -0.05) is 6.07 Å². The van der Waals surface area contributed by atoms with E-state index in [1.54, 1.807) is 0 Å². The number of likely N-dealkylation sites (N-methyl/N-ethyl adjacent to an activating group) is 1. The molecule has 0 aliphatic rings. The van der Waals surface area contributed by atoms with Gasteiger partial charge in [-0.25, -0.2) is 4.98 Å². The van der Waals surface area contributed by atoms with E-state index < -0.39 is 0 Å². The van der Waals surface area contributed by atoms with Gasteiger partial charge in [0.2, 0.25) is 0 Å². The van der Waals surface area contributed by atoms with E-state index in [1.165, 1.54) is 0 Å². The average molecular weight is 286 g/mol. The highest BCUT2D eigenvalue weighted by Crippen LogP contribution is 2.05. The first-order valence-electron chi connectivity index (χ1n) is 5.62. The van der Waals surface area contributed by atoms with Gasteiger partial charge in [0, 0.05) is 25.7 Å². The molecule has 0 saturated carbocycles. The van der Waals surface area contributed by atoms with Crippen LogP contribution in [0, 0.1) is 0 Å². The second-order valence-corrected chi connectivity index (χ2v) is 5.02. The first-order valence-corrected chi connectivity index (χ1v) is 6.41. The summed E-state index contributed by atoms with van der Waals surface area (Å²) in [5, 5.41) is 3.39. The summed E-state index contributed by atoms with van der Waals surface area (Å²) in [6.07, 6.45) is 0. The summed E-state index contributed by atoms with van der Waals surface area (Å²) in [7, 11) is 2.14. The largest absolute Gasteiger partial charge is 0.310 e. The minimum absolute atomic E-state index is 0.603. The molecule has 90 valence electrons. The summed E-state index contributed by atoms with van der Waals surface area (Å²) in [6, 6.07) is 6.58. The van der Waals surface area contributed by atoms with Gasteiger partial charge in [-0.2, -0.15) is 0 Å². The second kappa shape index (κ2) is 6.99. The number of aromatic nitrogens is 1. The van der Waals surface area contributed by atoms with Crippen LogP contribution < -0.4 is 5.32 Å². The Kier molecular flexibility index (Phi) is 5.95. The highest BCUT2D eigenvalue weighted by molar-refractivity contribution is 9.10. The predicted molar refractivity (Wildman–Crippen MR) is 71.4 cm³/mol. The average Bonchev–Trinajstić information content (AvgIpc) is 2.24. The van der Waals surface area contributed by atoms with Gasteiger partial charge < -0.3 is 10.2 Å². The molecule has 0 aliphatic carbocycles. The van der Waals surface area contributed by atoms with Crippen molar-refractivity contribution in [3.8, 4) is 0 Å². The maximum Gasteiger partial charge on any atom is 0.106 e. The summed E-state index contributed by atoms with van der Waals surface area (Å²) >= 11 is 3.37. The lowest BCUT2D eigenvalue weighted by Crippen LogP contribution is -2.33. The summed E-state index contributed by atoms with van der Waals surface area (Å²) < 4.78 is 0.895. The Bertz CT molecular complexity index is 315. The van der Waals surface area contributed by atoms with Crippen molar-refractivity contribution >= 4 is 15.9 Å². The summed E-state index contributed by atoms with van der Waals surface area (Å²) in [5.41, 5.74) is 1.07. The fourth-order valence-corrected chi connectivity index (χ4v) is 1.66. The number of pyridine rings is 1. The quantitative estimate of drug-likeness (QED) is 0.642. The fourth-order valence-electron chi connectivity index (χ4n) is 1.28. The van der Waals surface area contributed by atoms with Crippen molar-refractivity contribution in [2.75, 3.05) is 20.1 Å². The molecule has 0 amide bonds. The Hall–Kier alpha value is -0.450. The van der Waals surface area contributed by atoms with Gasteiger partial charge in [0.1, 0.15) is 4.60 Å². The molecule has 0 radical (unpaired) electrons. The molecule has 1 N–H and O–H groups in total. The molecule has 0 aromatic carbocycles. The number of hydrogen-bond donors (Lipinski definition) is 1. The standard InChI is InChI=1S/C12H20BrN3/c1-10(2)16(3)8-7-14-9-11-5-4-6-12(13)15-11/h4-6,10,14H,7-9H2,1-3H3. The molecule has 4 heteroatoms. The van der Waals surface area contributed by atoms with E-state index in [0.29, 0.717) is 6.04 Å². The molecule has 0 unspecified atom stereocenters. The van der Waals surface area contributed by atoms with Crippen LogP contribution in [0.2, 0.25) is 0 Å². The molecule has 1 aromatic rings. The van der Waals surface area contributed by atoms with Crippen LogP contribution in [0.3, 0.4) is 0 Å². The van der Waals surface area contributed by atoms with Gasteiger partial charge in [-0.3, -0.25) is 0 Å². The third-order valence-electron chi connectivity index (χ3n) is 2.60. The highest BCUT2D eigenvalue weighted by Gasteiger charge is 2.01. The molecular formula is C12H20BrN3. The second-order valence-electron chi connectivity index (χ2n) is 4.20. The van der Waals surface area contributed by atoms with Crippen molar-refractivity contribution in [3.05, 3.63) is 28.5 Å². The van der Waals surface area contributed by atoms with Gasteiger partial charge >= 0.3 is 0 Å². The highest BCUT2D eigenvalue weighted by atomic mass is 79.9. The van der Waals surface area contributed by atoms with Crippen molar-refractivity contribution in [2.45, 2.75) is 26.4 Å². The van der Waals surface area contributed by atoms with Crippen molar-refractivity contribution in [1.29, 1.82) is 0 Å². The predicted octanol–water partition coefficient (Wildman–Crippen LogP) is 2.27. The number of nitrogens with one attached hydrogen (secondary N) is 1. The van der Waals surface area contributed by atoms with Gasteiger partial charge in [0.15, 0.2) is 0 Å². The fraction of sp³-hybridized carbons (Fsp3) is 0.583. The Labute approximate surface area is 106 Å². The van der Waals surface area contributed by atoms with E-state index in [0.717, 1.165) is 29.9 Å². The molecule has 0 saturated heterocycles. The lowest BCUT2D eigenvalue weighted by atomic mass is 10.3. The normalized spacial score (nSPS) is 11.4. The maximum absolute atomic E-state index is 4.37. The smallest absolute Gasteiger partial charge is 0.106 e. The molecule has 0 atom stereocenters. The first-order chi connectivity index (χ1) is 7.59. The molecule has 16 heavy (non-hydrogen) atoms. The van der Waals surface area contributed by atoms with E-state index in [2.05, 4.69) is 52.0 Å². The van der Waals surface area contributed by atoms with Crippen LogP contribution >= 0.6 is 15.9 Å². The molecule has 0 aliphatic heterocycles. The lowest BCUT2D eigenvalue weighted by Gasteiger charge is -2.20. The van der Waals surface area contributed by atoms with Gasteiger partial charge in [0.05, 0.1) is 5.69 Å². The van der Waals surface area contributed by atoms with Gasteiger partial charge in [-0.15, -0.1) is 0 Å². The van der Waals surface area contributed by atoms with Crippen LogP contribution in [0.4, 0.5) is 0 Å². The van der Waals surface area contributed by atoms with Crippen LogP contribution in [0.1, 0.15) is 19.5 Å². The Morgan fingerprint density at radius 3 is 2.81 bits per heavy atom. The summed E-state index contributed by atoms with van der Waals surface area (Å²) in [4.78, 5) is 6.69.